The molecule has 1 amide bonds. The van der Waals surface area contributed by atoms with E-state index in [4.69, 9.17) is 4.74 Å². The molecule has 0 aliphatic heterocycles. The van der Waals surface area contributed by atoms with Crippen molar-refractivity contribution < 1.29 is 9.53 Å². The van der Waals surface area contributed by atoms with Gasteiger partial charge < -0.3 is 10.1 Å². The fourth-order valence-electron chi connectivity index (χ4n) is 2.38. The minimum absolute atomic E-state index is 0.0149. The van der Waals surface area contributed by atoms with Gasteiger partial charge >= 0.3 is 0 Å². The van der Waals surface area contributed by atoms with Gasteiger partial charge in [-0.05, 0) is 48.7 Å². The van der Waals surface area contributed by atoms with Crippen molar-refractivity contribution in [3.8, 4) is 5.75 Å². The van der Waals surface area contributed by atoms with Crippen LogP contribution in [-0.4, -0.2) is 37.8 Å². The maximum absolute atomic E-state index is 12.1. The number of methoxy groups -OCH3 is 1. The molecule has 1 N–H and O–H groups in total. The first-order chi connectivity index (χ1) is 11.6. The third-order valence-electron chi connectivity index (χ3n) is 3.65. The number of hydrogen-bond acceptors (Lipinski definition) is 4. The summed E-state index contributed by atoms with van der Waals surface area (Å²) in [5.74, 6) is 0.814. The van der Waals surface area contributed by atoms with E-state index in [1.807, 2.05) is 36.2 Å². The van der Waals surface area contributed by atoms with E-state index in [0.29, 0.717) is 13.1 Å². The van der Waals surface area contributed by atoms with Crippen molar-refractivity contribution in [2.45, 2.75) is 18.0 Å². The molecule has 0 unspecified atom stereocenters. The SMILES string of the molecule is COc1cccc(CNC(=O)CN(C)Cc2ccc(SC)cc2)c1. The highest BCUT2D eigenvalue weighted by molar-refractivity contribution is 7.98. The first kappa shape index (κ1) is 18.4. The summed E-state index contributed by atoms with van der Waals surface area (Å²) in [6, 6.07) is 16.1. The average Bonchev–Trinajstić information content (AvgIpc) is 2.60. The lowest BCUT2D eigenvalue weighted by Crippen LogP contribution is -2.34. The first-order valence-corrected chi connectivity index (χ1v) is 9.04. The number of carbonyl (C=O) groups is 1. The van der Waals surface area contributed by atoms with E-state index in [1.54, 1.807) is 18.9 Å². The van der Waals surface area contributed by atoms with E-state index in [1.165, 1.54) is 10.5 Å². The van der Waals surface area contributed by atoms with Gasteiger partial charge in [0.2, 0.25) is 5.91 Å². The van der Waals surface area contributed by atoms with Gasteiger partial charge in [-0.1, -0.05) is 24.3 Å². The van der Waals surface area contributed by atoms with Crippen LogP contribution in [0.4, 0.5) is 0 Å². The van der Waals surface area contributed by atoms with Crippen LogP contribution in [0.15, 0.2) is 53.4 Å². The van der Waals surface area contributed by atoms with Gasteiger partial charge in [0.25, 0.3) is 0 Å². The molecular formula is C19H24N2O2S. The molecule has 0 heterocycles. The quantitative estimate of drug-likeness (QED) is 0.747. The summed E-state index contributed by atoms with van der Waals surface area (Å²) in [7, 11) is 3.59. The molecule has 0 aromatic heterocycles. The van der Waals surface area contributed by atoms with E-state index in [-0.39, 0.29) is 5.91 Å². The van der Waals surface area contributed by atoms with Crippen LogP contribution in [0, 0.1) is 0 Å². The van der Waals surface area contributed by atoms with Crippen molar-refractivity contribution in [2.24, 2.45) is 0 Å². The Bertz CT molecular complexity index is 659. The monoisotopic (exact) mass is 344 g/mol. The maximum Gasteiger partial charge on any atom is 0.234 e. The minimum Gasteiger partial charge on any atom is -0.497 e. The summed E-state index contributed by atoms with van der Waals surface area (Å²) in [6.07, 6.45) is 2.06. The van der Waals surface area contributed by atoms with Crippen molar-refractivity contribution in [3.63, 3.8) is 0 Å². The Morgan fingerprint density at radius 3 is 2.58 bits per heavy atom. The minimum atomic E-state index is 0.0149. The predicted molar refractivity (Wildman–Crippen MR) is 99.4 cm³/mol. The summed E-state index contributed by atoms with van der Waals surface area (Å²) < 4.78 is 5.19. The number of thioether (sulfide) groups is 1. The van der Waals surface area contributed by atoms with Gasteiger partial charge in [-0.2, -0.15) is 0 Å². The Kier molecular flexibility index (Phi) is 7.15. The molecule has 0 spiro atoms. The lowest BCUT2D eigenvalue weighted by molar-refractivity contribution is -0.122. The Balaban J connectivity index is 1.78. The van der Waals surface area contributed by atoms with Crippen LogP contribution < -0.4 is 10.1 Å². The number of benzene rings is 2. The highest BCUT2D eigenvalue weighted by Gasteiger charge is 2.07. The molecule has 24 heavy (non-hydrogen) atoms. The lowest BCUT2D eigenvalue weighted by atomic mass is 10.2. The third kappa shape index (κ3) is 5.91. The van der Waals surface area contributed by atoms with Gasteiger partial charge in [-0.15, -0.1) is 11.8 Å². The fourth-order valence-corrected chi connectivity index (χ4v) is 2.79. The maximum atomic E-state index is 12.1. The van der Waals surface area contributed by atoms with E-state index < -0.39 is 0 Å². The van der Waals surface area contributed by atoms with Gasteiger partial charge in [-0.3, -0.25) is 9.69 Å². The molecule has 0 aliphatic rings. The highest BCUT2D eigenvalue weighted by Crippen LogP contribution is 2.15. The summed E-state index contributed by atoms with van der Waals surface area (Å²) in [4.78, 5) is 15.3. The zero-order valence-corrected chi connectivity index (χ0v) is 15.2. The van der Waals surface area contributed by atoms with E-state index in [2.05, 4.69) is 35.8 Å². The molecule has 0 saturated carbocycles. The third-order valence-corrected chi connectivity index (χ3v) is 4.39. The van der Waals surface area contributed by atoms with E-state index in [0.717, 1.165) is 17.9 Å². The van der Waals surface area contributed by atoms with E-state index in [9.17, 15) is 4.79 Å². The molecule has 0 atom stereocenters. The van der Waals surface area contributed by atoms with Crippen molar-refractivity contribution in [2.75, 3.05) is 27.0 Å². The topological polar surface area (TPSA) is 41.6 Å². The number of nitrogens with zero attached hydrogens (tertiary/aromatic N) is 1. The Hall–Kier alpha value is -1.98. The van der Waals surface area contributed by atoms with Crippen LogP contribution >= 0.6 is 11.8 Å². The smallest absolute Gasteiger partial charge is 0.234 e. The fraction of sp³-hybridized carbons (Fsp3) is 0.316. The summed E-state index contributed by atoms with van der Waals surface area (Å²) in [5, 5.41) is 2.95. The van der Waals surface area contributed by atoms with Gasteiger partial charge in [0, 0.05) is 18.0 Å². The van der Waals surface area contributed by atoms with Crippen molar-refractivity contribution in [1.29, 1.82) is 0 Å². The normalized spacial score (nSPS) is 10.7. The second-order valence-electron chi connectivity index (χ2n) is 5.65. The number of hydrogen-bond donors (Lipinski definition) is 1. The van der Waals surface area contributed by atoms with Crippen LogP contribution in [0.5, 0.6) is 5.75 Å². The molecule has 2 aromatic carbocycles. The van der Waals surface area contributed by atoms with E-state index >= 15 is 0 Å². The molecule has 4 nitrogen and oxygen atoms in total. The number of carbonyl (C=O) groups excluding carboxylic acids is 1. The average molecular weight is 344 g/mol. The van der Waals surface area contributed by atoms with Crippen LogP contribution in [0.1, 0.15) is 11.1 Å². The number of nitrogens with one attached hydrogen (secondary N) is 1. The number of likely N-dealkylation sites (N-methyl/N-ethyl adjacent to an activating group) is 1. The second kappa shape index (κ2) is 9.35. The molecule has 0 bridgehead atoms. The molecule has 2 rings (SSSR count). The zero-order chi connectivity index (χ0) is 17.4. The summed E-state index contributed by atoms with van der Waals surface area (Å²) >= 11 is 1.73. The first-order valence-electron chi connectivity index (χ1n) is 7.82. The van der Waals surface area contributed by atoms with Crippen LogP contribution in [0.3, 0.4) is 0 Å². The Labute approximate surface area is 148 Å². The highest BCUT2D eigenvalue weighted by atomic mass is 32.2. The van der Waals surface area contributed by atoms with Gasteiger partial charge in [-0.25, -0.2) is 0 Å². The number of ether oxygens (including phenoxy) is 1. The van der Waals surface area contributed by atoms with Crippen LogP contribution in [0.25, 0.3) is 0 Å². The van der Waals surface area contributed by atoms with Crippen LogP contribution in [-0.2, 0) is 17.9 Å². The zero-order valence-electron chi connectivity index (χ0n) is 14.4. The Morgan fingerprint density at radius 1 is 1.17 bits per heavy atom. The molecule has 0 radical (unpaired) electrons. The second-order valence-corrected chi connectivity index (χ2v) is 6.53. The van der Waals surface area contributed by atoms with Gasteiger partial charge in [0.1, 0.15) is 5.75 Å². The lowest BCUT2D eigenvalue weighted by Gasteiger charge is -2.16. The number of rotatable bonds is 8. The number of amides is 1. The molecule has 128 valence electrons. The Morgan fingerprint density at radius 2 is 1.92 bits per heavy atom. The predicted octanol–water partition coefficient (Wildman–Crippen LogP) is 3.17. The molecule has 0 aliphatic carbocycles. The van der Waals surface area contributed by atoms with Crippen molar-refractivity contribution in [3.05, 3.63) is 59.7 Å². The van der Waals surface area contributed by atoms with Crippen molar-refractivity contribution >= 4 is 17.7 Å². The van der Waals surface area contributed by atoms with Crippen molar-refractivity contribution in [1.82, 2.24) is 10.2 Å². The van der Waals surface area contributed by atoms with Crippen LogP contribution in [0.2, 0.25) is 0 Å². The molecule has 5 heteroatoms. The molecule has 0 fully saturated rings. The molecular weight excluding hydrogens is 320 g/mol. The molecule has 2 aromatic rings. The summed E-state index contributed by atoms with van der Waals surface area (Å²) in [6.45, 7) is 1.63. The van der Waals surface area contributed by atoms with Gasteiger partial charge in [0.05, 0.1) is 13.7 Å². The van der Waals surface area contributed by atoms with Gasteiger partial charge in [0.15, 0.2) is 0 Å². The molecule has 0 saturated heterocycles. The summed E-state index contributed by atoms with van der Waals surface area (Å²) in [5.41, 5.74) is 2.23. The standard InChI is InChI=1S/C19H24N2O2S/c1-21(13-15-7-9-18(24-3)10-8-15)14-19(22)20-12-16-5-4-6-17(11-16)23-2/h4-11H,12-14H2,1-3H3,(H,20,22). The largest absolute Gasteiger partial charge is 0.497 e.